The number of nitrogens with two attached hydrogens (primary N) is 1. The van der Waals surface area contributed by atoms with Gasteiger partial charge >= 0.3 is 0 Å². The highest BCUT2D eigenvalue weighted by atomic mass is 16.5. The lowest BCUT2D eigenvalue weighted by molar-refractivity contribution is 0.203. The summed E-state index contributed by atoms with van der Waals surface area (Å²) in [5.74, 6) is 2.43. The summed E-state index contributed by atoms with van der Waals surface area (Å²) in [4.78, 5) is 0. The van der Waals surface area contributed by atoms with Gasteiger partial charge in [0.15, 0.2) is 0 Å². The first-order chi connectivity index (χ1) is 6.84. The van der Waals surface area contributed by atoms with Gasteiger partial charge in [0.05, 0.1) is 6.61 Å². The van der Waals surface area contributed by atoms with E-state index in [0.717, 1.165) is 18.8 Å². The highest BCUT2D eigenvalue weighted by molar-refractivity contribution is 5.35. The van der Waals surface area contributed by atoms with E-state index in [9.17, 15) is 0 Å². The molecule has 1 aromatic carbocycles. The Morgan fingerprint density at radius 3 is 2.86 bits per heavy atom. The van der Waals surface area contributed by atoms with E-state index in [-0.39, 0.29) is 0 Å². The van der Waals surface area contributed by atoms with Gasteiger partial charge in [0.1, 0.15) is 5.75 Å². The van der Waals surface area contributed by atoms with E-state index in [2.05, 4.69) is 18.2 Å². The van der Waals surface area contributed by atoms with Gasteiger partial charge < -0.3 is 10.5 Å². The third-order valence-corrected chi connectivity index (χ3v) is 3.40. The van der Waals surface area contributed by atoms with Gasteiger partial charge in [0.2, 0.25) is 0 Å². The fourth-order valence-electron chi connectivity index (χ4n) is 2.40. The molecule has 1 heterocycles. The summed E-state index contributed by atoms with van der Waals surface area (Å²) >= 11 is 0. The van der Waals surface area contributed by atoms with Crippen molar-refractivity contribution in [2.75, 3.05) is 6.61 Å². The zero-order valence-electron chi connectivity index (χ0n) is 8.15. The van der Waals surface area contributed by atoms with Crippen molar-refractivity contribution >= 4 is 0 Å². The SMILES string of the molecule is NC1CC1C1COc2ccccc2C1. The smallest absolute Gasteiger partial charge is 0.122 e. The predicted molar refractivity (Wildman–Crippen MR) is 55.2 cm³/mol. The fraction of sp³-hybridized carbons (Fsp3) is 0.500. The summed E-state index contributed by atoms with van der Waals surface area (Å²) in [7, 11) is 0. The third kappa shape index (κ3) is 1.30. The number of benzene rings is 1. The Morgan fingerprint density at radius 2 is 2.07 bits per heavy atom. The largest absolute Gasteiger partial charge is 0.493 e. The molecule has 2 nitrogen and oxygen atoms in total. The lowest BCUT2D eigenvalue weighted by Crippen LogP contribution is -2.24. The van der Waals surface area contributed by atoms with E-state index in [1.165, 1.54) is 12.0 Å². The topological polar surface area (TPSA) is 35.2 Å². The average molecular weight is 189 g/mol. The molecule has 1 aliphatic carbocycles. The molecule has 2 N–H and O–H groups in total. The Labute approximate surface area is 84.1 Å². The number of rotatable bonds is 1. The first kappa shape index (κ1) is 8.30. The second kappa shape index (κ2) is 2.99. The molecule has 1 aromatic rings. The minimum Gasteiger partial charge on any atom is -0.493 e. The molecule has 1 saturated carbocycles. The molecule has 0 radical (unpaired) electrons. The monoisotopic (exact) mass is 189 g/mol. The second-order valence-electron chi connectivity index (χ2n) is 4.45. The van der Waals surface area contributed by atoms with Crippen LogP contribution in [0.5, 0.6) is 5.75 Å². The minimum absolute atomic E-state index is 0.439. The van der Waals surface area contributed by atoms with Crippen molar-refractivity contribution in [3.05, 3.63) is 29.8 Å². The summed E-state index contributed by atoms with van der Waals surface area (Å²) < 4.78 is 5.73. The predicted octanol–water partition coefficient (Wildman–Crippen LogP) is 1.58. The van der Waals surface area contributed by atoms with Crippen LogP contribution >= 0.6 is 0 Å². The Morgan fingerprint density at radius 1 is 1.29 bits per heavy atom. The van der Waals surface area contributed by atoms with E-state index in [1.54, 1.807) is 0 Å². The number of hydrogen-bond acceptors (Lipinski definition) is 2. The summed E-state index contributed by atoms with van der Waals surface area (Å²) in [5, 5.41) is 0. The number of ether oxygens (including phenoxy) is 1. The molecule has 14 heavy (non-hydrogen) atoms. The quantitative estimate of drug-likeness (QED) is 0.728. The van der Waals surface area contributed by atoms with Gasteiger partial charge in [-0.25, -0.2) is 0 Å². The van der Waals surface area contributed by atoms with Gasteiger partial charge in [-0.05, 0) is 30.4 Å². The van der Waals surface area contributed by atoms with Crippen LogP contribution in [0, 0.1) is 11.8 Å². The van der Waals surface area contributed by atoms with Gasteiger partial charge in [-0.2, -0.15) is 0 Å². The van der Waals surface area contributed by atoms with E-state index < -0.39 is 0 Å². The Kier molecular flexibility index (Phi) is 1.77. The van der Waals surface area contributed by atoms with Gasteiger partial charge in [0, 0.05) is 12.0 Å². The molecule has 0 amide bonds. The molecule has 1 fully saturated rings. The van der Waals surface area contributed by atoms with Crippen LogP contribution in [0.25, 0.3) is 0 Å². The van der Waals surface area contributed by atoms with Crippen LogP contribution in [-0.4, -0.2) is 12.6 Å². The molecule has 0 bridgehead atoms. The molecule has 3 rings (SSSR count). The summed E-state index contributed by atoms with van der Waals surface area (Å²) in [6.45, 7) is 0.857. The van der Waals surface area contributed by atoms with Crippen molar-refractivity contribution in [1.82, 2.24) is 0 Å². The summed E-state index contributed by atoms with van der Waals surface area (Å²) in [5.41, 5.74) is 7.21. The molecule has 0 aromatic heterocycles. The van der Waals surface area contributed by atoms with Crippen LogP contribution < -0.4 is 10.5 Å². The average Bonchev–Trinajstić information content (AvgIpc) is 2.95. The van der Waals surface area contributed by atoms with Gasteiger partial charge in [-0.1, -0.05) is 18.2 Å². The van der Waals surface area contributed by atoms with Crippen LogP contribution in [0.2, 0.25) is 0 Å². The first-order valence-electron chi connectivity index (χ1n) is 5.31. The van der Waals surface area contributed by atoms with Crippen LogP contribution in [0.4, 0.5) is 0 Å². The molecule has 1 aliphatic heterocycles. The van der Waals surface area contributed by atoms with Crippen molar-refractivity contribution in [3.8, 4) is 5.75 Å². The van der Waals surface area contributed by atoms with Gasteiger partial charge in [-0.3, -0.25) is 0 Å². The molecule has 2 heteroatoms. The summed E-state index contributed by atoms with van der Waals surface area (Å²) in [6.07, 6.45) is 2.34. The molecule has 74 valence electrons. The van der Waals surface area contributed by atoms with E-state index in [1.807, 2.05) is 6.07 Å². The standard InChI is InChI=1S/C12H15NO/c13-11-6-10(11)9-5-8-3-1-2-4-12(8)14-7-9/h1-4,9-11H,5-7,13H2. The Balaban J connectivity index is 1.80. The minimum atomic E-state index is 0.439. The zero-order valence-corrected chi connectivity index (χ0v) is 8.15. The van der Waals surface area contributed by atoms with Crippen LogP contribution in [0.15, 0.2) is 24.3 Å². The van der Waals surface area contributed by atoms with Crippen LogP contribution in [0.3, 0.4) is 0 Å². The molecule has 3 atom stereocenters. The maximum absolute atomic E-state index is 5.86. The number of fused-ring (bicyclic) bond motifs is 1. The van der Waals surface area contributed by atoms with Crippen molar-refractivity contribution in [1.29, 1.82) is 0 Å². The molecule has 3 unspecified atom stereocenters. The van der Waals surface area contributed by atoms with Gasteiger partial charge in [-0.15, -0.1) is 0 Å². The normalized spacial score (nSPS) is 34.5. The number of hydrogen-bond donors (Lipinski definition) is 1. The molecule has 0 saturated heterocycles. The maximum atomic E-state index is 5.86. The Bertz CT molecular complexity index is 350. The first-order valence-corrected chi connectivity index (χ1v) is 5.31. The van der Waals surface area contributed by atoms with Crippen LogP contribution in [-0.2, 0) is 6.42 Å². The van der Waals surface area contributed by atoms with E-state index >= 15 is 0 Å². The Hall–Kier alpha value is -1.02. The second-order valence-corrected chi connectivity index (χ2v) is 4.45. The molecule has 0 spiro atoms. The van der Waals surface area contributed by atoms with Crippen molar-refractivity contribution in [2.45, 2.75) is 18.9 Å². The highest BCUT2D eigenvalue weighted by Gasteiger charge is 2.41. The maximum Gasteiger partial charge on any atom is 0.122 e. The lowest BCUT2D eigenvalue weighted by atomic mass is 9.92. The fourth-order valence-corrected chi connectivity index (χ4v) is 2.40. The van der Waals surface area contributed by atoms with Crippen molar-refractivity contribution < 1.29 is 4.74 Å². The third-order valence-electron chi connectivity index (χ3n) is 3.40. The highest BCUT2D eigenvalue weighted by Crippen LogP contribution is 2.41. The van der Waals surface area contributed by atoms with Crippen molar-refractivity contribution in [2.24, 2.45) is 17.6 Å². The van der Waals surface area contributed by atoms with E-state index in [4.69, 9.17) is 10.5 Å². The van der Waals surface area contributed by atoms with Crippen molar-refractivity contribution in [3.63, 3.8) is 0 Å². The lowest BCUT2D eigenvalue weighted by Gasteiger charge is -2.25. The molecular formula is C12H15NO. The summed E-state index contributed by atoms with van der Waals surface area (Å²) in [6, 6.07) is 8.77. The van der Waals surface area contributed by atoms with Crippen LogP contribution in [0.1, 0.15) is 12.0 Å². The van der Waals surface area contributed by atoms with E-state index in [0.29, 0.717) is 17.9 Å². The molecular weight excluding hydrogens is 174 g/mol. The molecule has 2 aliphatic rings. The van der Waals surface area contributed by atoms with Gasteiger partial charge in [0.25, 0.3) is 0 Å². The number of para-hydroxylation sites is 1. The zero-order chi connectivity index (χ0) is 9.54.